The molecule has 8 heteroatoms. The minimum Gasteiger partial charge on any atom is -0.396 e. The maximum atomic E-state index is 8.56. The maximum absolute atomic E-state index is 8.56. The lowest BCUT2D eigenvalue weighted by Crippen LogP contribution is -2.14. The van der Waals surface area contributed by atoms with Crippen LogP contribution in [0, 0.1) is 0 Å². The Morgan fingerprint density at radius 2 is 0.783 bits per heavy atom. The average Bonchev–Trinajstić information content (AvgIpc) is 2.57. The number of halogens is 1. The molecule has 0 radical (unpaired) electrons. The first-order valence-corrected chi connectivity index (χ1v) is 9.17. The van der Waals surface area contributed by atoms with E-state index >= 15 is 0 Å². The Labute approximate surface area is 147 Å². The van der Waals surface area contributed by atoms with Crippen LogP contribution >= 0.6 is 15.9 Å². The van der Waals surface area contributed by atoms with Crippen molar-refractivity contribution in [3.05, 3.63) is 0 Å². The molecule has 0 fully saturated rings. The second-order valence-electron chi connectivity index (χ2n) is 4.44. The van der Waals surface area contributed by atoms with Gasteiger partial charge < -0.3 is 33.5 Å². The van der Waals surface area contributed by atoms with Crippen molar-refractivity contribution < 1.29 is 33.5 Å². The summed E-state index contributed by atoms with van der Waals surface area (Å²) in [4.78, 5) is 0. The van der Waals surface area contributed by atoms with E-state index in [1.54, 1.807) is 0 Å². The van der Waals surface area contributed by atoms with Gasteiger partial charge in [-0.25, -0.2) is 0 Å². The molecule has 0 aliphatic heterocycles. The summed E-state index contributed by atoms with van der Waals surface area (Å²) in [5.41, 5.74) is 0. The molecule has 0 aromatic rings. The van der Waals surface area contributed by atoms with Crippen LogP contribution in [-0.4, -0.2) is 96.3 Å². The summed E-state index contributed by atoms with van der Waals surface area (Å²) in [7, 11) is 0. The topological polar surface area (TPSA) is 75.6 Å². The van der Waals surface area contributed by atoms with Crippen molar-refractivity contribution in [2.45, 2.75) is 6.42 Å². The Balaban J connectivity index is 2.92. The molecule has 23 heavy (non-hydrogen) atoms. The second kappa shape index (κ2) is 22.2. The first-order chi connectivity index (χ1) is 11.4. The molecule has 1 N–H and O–H groups in total. The van der Waals surface area contributed by atoms with E-state index in [9.17, 15) is 0 Å². The van der Waals surface area contributed by atoms with E-state index in [2.05, 4.69) is 15.9 Å². The molecule has 0 spiro atoms. The van der Waals surface area contributed by atoms with Gasteiger partial charge in [0, 0.05) is 18.5 Å². The molecule has 0 unspecified atom stereocenters. The predicted octanol–water partition coefficient (Wildman–Crippen LogP) is 0.863. The largest absolute Gasteiger partial charge is 0.396 e. The number of alkyl halides is 1. The zero-order valence-corrected chi connectivity index (χ0v) is 15.5. The lowest BCUT2D eigenvalue weighted by Gasteiger charge is -2.08. The van der Waals surface area contributed by atoms with Crippen LogP contribution < -0.4 is 0 Å². The molecule has 7 nitrogen and oxygen atoms in total. The van der Waals surface area contributed by atoms with Gasteiger partial charge in [-0.05, 0) is 6.42 Å². The number of hydrogen-bond acceptors (Lipinski definition) is 7. The van der Waals surface area contributed by atoms with Crippen LogP contribution in [0.5, 0.6) is 0 Å². The van der Waals surface area contributed by atoms with Gasteiger partial charge >= 0.3 is 0 Å². The number of aliphatic hydroxyl groups excluding tert-OH is 1. The Bertz CT molecular complexity index is 190. The summed E-state index contributed by atoms with van der Waals surface area (Å²) in [5, 5.41) is 9.41. The molecular weight excluding hydrogens is 372 g/mol. The van der Waals surface area contributed by atoms with E-state index in [0.717, 1.165) is 5.33 Å². The highest BCUT2D eigenvalue weighted by Gasteiger charge is 1.94. The van der Waals surface area contributed by atoms with Gasteiger partial charge in [0.1, 0.15) is 0 Å². The van der Waals surface area contributed by atoms with Crippen molar-refractivity contribution in [2.24, 2.45) is 0 Å². The van der Waals surface area contributed by atoms with E-state index < -0.39 is 0 Å². The van der Waals surface area contributed by atoms with Crippen LogP contribution in [-0.2, 0) is 28.4 Å². The molecule has 0 aliphatic rings. The lowest BCUT2D eigenvalue weighted by molar-refractivity contribution is -0.0165. The molecule has 0 heterocycles. The van der Waals surface area contributed by atoms with Crippen LogP contribution in [0.3, 0.4) is 0 Å². The quantitative estimate of drug-likeness (QED) is 0.239. The first-order valence-electron chi connectivity index (χ1n) is 8.05. The third-order valence-electron chi connectivity index (χ3n) is 2.53. The average molecular weight is 403 g/mol. The van der Waals surface area contributed by atoms with Crippen LogP contribution in [0.1, 0.15) is 6.42 Å². The van der Waals surface area contributed by atoms with Crippen LogP contribution in [0.15, 0.2) is 0 Å². The fraction of sp³-hybridized carbons (Fsp3) is 1.00. The first kappa shape index (κ1) is 23.2. The van der Waals surface area contributed by atoms with Crippen LogP contribution in [0.4, 0.5) is 0 Å². The number of aliphatic hydroxyl groups is 1. The molecule has 0 bridgehead atoms. The molecule has 0 aromatic carbocycles. The third kappa shape index (κ3) is 22.2. The maximum Gasteiger partial charge on any atom is 0.0701 e. The van der Waals surface area contributed by atoms with Gasteiger partial charge in [0.15, 0.2) is 0 Å². The minimum atomic E-state index is 0.161. The smallest absolute Gasteiger partial charge is 0.0701 e. The van der Waals surface area contributed by atoms with E-state index in [4.69, 9.17) is 33.5 Å². The standard InChI is InChI=1S/C15H31BrO7/c16-2-5-19-7-9-21-11-13-23-15-14-22-12-10-20-8-6-18-4-1-3-17/h17H,1-15H2. The molecule has 0 aliphatic carbocycles. The van der Waals surface area contributed by atoms with Gasteiger partial charge in [0.05, 0.1) is 72.7 Å². The van der Waals surface area contributed by atoms with Gasteiger partial charge in [-0.3, -0.25) is 0 Å². The monoisotopic (exact) mass is 402 g/mol. The SMILES string of the molecule is OCCCOCCOCCOCCOCCOCCOCCBr. The summed E-state index contributed by atoms with van der Waals surface area (Å²) in [6, 6.07) is 0. The molecule has 0 amide bonds. The highest BCUT2D eigenvalue weighted by molar-refractivity contribution is 9.09. The highest BCUT2D eigenvalue weighted by Crippen LogP contribution is 1.86. The van der Waals surface area contributed by atoms with Crippen molar-refractivity contribution in [3.8, 4) is 0 Å². The fourth-order valence-electron chi connectivity index (χ4n) is 1.42. The molecule has 0 atom stereocenters. The lowest BCUT2D eigenvalue weighted by atomic mass is 10.5. The summed E-state index contributed by atoms with van der Waals surface area (Å²) in [6.45, 7) is 7.04. The summed E-state index contributed by atoms with van der Waals surface area (Å²) >= 11 is 3.28. The Hall–Kier alpha value is 0.200. The second-order valence-corrected chi connectivity index (χ2v) is 5.23. The van der Waals surface area contributed by atoms with Gasteiger partial charge in [-0.2, -0.15) is 0 Å². The van der Waals surface area contributed by atoms with E-state index in [1.165, 1.54) is 0 Å². The Morgan fingerprint density at radius 3 is 1.09 bits per heavy atom. The molecule has 0 aromatic heterocycles. The van der Waals surface area contributed by atoms with E-state index in [-0.39, 0.29) is 6.61 Å². The number of rotatable bonds is 20. The van der Waals surface area contributed by atoms with Crippen molar-refractivity contribution in [1.82, 2.24) is 0 Å². The van der Waals surface area contributed by atoms with Gasteiger partial charge in [-0.15, -0.1) is 0 Å². The van der Waals surface area contributed by atoms with Gasteiger partial charge in [-0.1, -0.05) is 15.9 Å². The number of ether oxygens (including phenoxy) is 6. The Morgan fingerprint density at radius 1 is 0.478 bits per heavy atom. The van der Waals surface area contributed by atoms with Crippen molar-refractivity contribution in [3.63, 3.8) is 0 Å². The summed E-state index contributed by atoms with van der Waals surface area (Å²) in [6.07, 6.45) is 0.666. The fourth-order valence-corrected chi connectivity index (χ4v) is 1.65. The predicted molar refractivity (Wildman–Crippen MR) is 90.4 cm³/mol. The zero-order chi connectivity index (χ0) is 16.8. The Kier molecular flexibility index (Phi) is 22.4. The minimum absolute atomic E-state index is 0.161. The molecule has 140 valence electrons. The normalized spacial score (nSPS) is 11.2. The van der Waals surface area contributed by atoms with Crippen LogP contribution in [0.2, 0.25) is 0 Å². The highest BCUT2D eigenvalue weighted by atomic mass is 79.9. The molecule has 0 saturated carbocycles. The third-order valence-corrected chi connectivity index (χ3v) is 2.85. The zero-order valence-electron chi connectivity index (χ0n) is 13.9. The van der Waals surface area contributed by atoms with Crippen molar-refractivity contribution in [1.29, 1.82) is 0 Å². The van der Waals surface area contributed by atoms with E-state index in [0.29, 0.717) is 85.7 Å². The van der Waals surface area contributed by atoms with Gasteiger partial charge in [0.25, 0.3) is 0 Å². The summed E-state index contributed by atoms with van der Waals surface area (Å²) in [5.74, 6) is 0. The van der Waals surface area contributed by atoms with Crippen molar-refractivity contribution in [2.75, 3.05) is 91.2 Å². The molecular formula is C15H31BrO7. The molecule has 0 saturated heterocycles. The van der Waals surface area contributed by atoms with E-state index in [1.807, 2.05) is 0 Å². The van der Waals surface area contributed by atoms with Gasteiger partial charge in [0.2, 0.25) is 0 Å². The number of hydrogen-bond donors (Lipinski definition) is 1. The molecule has 0 rings (SSSR count). The summed E-state index contributed by atoms with van der Waals surface area (Å²) < 4.78 is 31.9. The van der Waals surface area contributed by atoms with Crippen LogP contribution in [0.25, 0.3) is 0 Å². The van der Waals surface area contributed by atoms with Crippen molar-refractivity contribution >= 4 is 15.9 Å².